The molecule has 0 atom stereocenters. The number of hydrogen-bond donors (Lipinski definition) is 1. The van der Waals surface area contributed by atoms with E-state index in [1.54, 1.807) is 6.92 Å². The summed E-state index contributed by atoms with van der Waals surface area (Å²) in [7, 11) is 0. The summed E-state index contributed by atoms with van der Waals surface area (Å²) in [6, 6.07) is 2.97. The van der Waals surface area contributed by atoms with Gasteiger partial charge in [-0.3, -0.25) is 4.79 Å². The van der Waals surface area contributed by atoms with Gasteiger partial charge in [0.15, 0.2) is 0 Å². The van der Waals surface area contributed by atoms with Crippen LogP contribution in [0.2, 0.25) is 0 Å². The fourth-order valence-corrected chi connectivity index (χ4v) is 1.91. The molecule has 0 saturated heterocycles. The number of nitrogens with one attached hydrogen (secondary N) is 1. The monoisotopic (exact) mass is 254 g/mol. The summed E-state index contributed by atoms with van der Waals surface area (Å²) >= 11 is 1.20. The highest BCUT2D eigenvalue weighted by Gasteiger charge is 2.12. The van der Waals surface area contributed by atoms with Crippen molar-refractivity contribution in [2.24, 2.45) is 0 Å². The van der Waals surface area contributed by atoms with E-state index in [0.29, 0.717) is 10.9 Å². The Morgan fingerprint density at radius 1 is 1.41 bits per heavy atom. The number of thiazole rings is 1. The third-order valence-electron chi connectivity index (χ3n) is 2.02. The van der Waals surface area contributed by atoms with Gasteiger partial charge in [0.05, 0.1) is 16.9 Å². The number of carbonyl (C=O) groups is 1. The van der Waals surface area contributed by atoms with Crippen molar-refractivity contribution in [3.8, 4) is 0 Å². The minimum atomic E-state index is -0.806. The van der Waals surface area contributed by atoms with Crippen LogP contribution >= 0.6 is 11.3 Å². The summed E-state index contributed by atoms with van der Waals surface area (Å²) in [6.07, 6.45) is 1.41. The van der Waals surface area contributed by atoms with Crippen LogP contribution in [0.5, 0.6) is 0 Å². The summed E-state index contributed by atoms with van der Waals surface area (Å²) in [6.45, 7) is 1.76. The number of anilines is 1. The molecule has 1 aromatic carbocycles. The molecule has 0 bridgehead atoms. The van der Waals surface area contributed by atoms with E-state index >= 15 is 0 Å². The number of hydrogen-bond acceptors (Lipinski definition) is 3. The van der Waals surface area contributed by atoms with Crippen LogP contribution in [0, 0.1) is 18.6 Å². The molecule has 2 rings (SSSR count). The average Bonchev–Trinajstić information content (AvgIpc) is 2.69. The van der Waals surface area contributed by atoms with Crippen LogP contribution in [0.4, 0.5) is 14.5 Å². The Morgan fingerprint density at radius 3 is 2.76 bits per heavy atom. The van der Waals surface area contributed by atoms with Gasteiger partial charge in [0.2, 0.25) is 0 Å². The number of halogens is 2. The molecule has 0 saturated carbocycles. The molecule has 1 aromatic heterocycles. The molecule has 6 heteroatoms. The number of rotatable bonds is 2. The molecule has 17 heavy (non-hydrogen) atoms. The summed E-state index contributed by atoms with van der Waals surface area (Å²) < 4.78 is 25.9. The van der Waals surface area contributed by atoms with Gasteiger partial charge in [0, 0.05) is 6.07 Å². The Kier molecular flexibility index (Phi) is 3.14. The molecule has 0 radical (unpaired) electrons. The fraction of sp³-hybridized carbons (Fsp3) is 0.0909. The molecule has 1 heterocycles. The summed E-state index contributed by atoms with van der Waals surface area (Å²) in [5.74, 6) is -1.95. The lowest BCUT2D eigenvalue weighted by molar-refractivity contribution is 0.103. The van der Waals surface area contributed by atoms with Crippen molar-refractivity contribution >= 4 is 22.9 Å². The SMILES string of the molecule is Cc1ncc(C(=O)Nc2ccc(F)cc2F)s1. The number of nitrogens with zero attached hydrogens (tertiary/aromatic N) is 1. The predicted octanol–water partition coefficient (Wildman–Crippen LogP) is 2.98. The number of amides is 1. The van der Waals surface area contributed by atoms with Crippen molar-refractivity contribution in [2.75, 3.05) is 5.32 Å². The minimum absolute atomic E-state index is 0.0533. The second-order valence-corrected chi connectivity index (χ2v) is 4.56. The highest BCUT2D eigenvalue weighted by atomic mass is 32.1. The molecule has 0 aliphatic rings. The second kappa shape index (κ2) is 4.58. The van der Waals surface area contributed by atoms with Gasteiger partial charge in [-0.25, -0.2) is 13.8 Å². The normalized spacial score (nSPS) is 10.3. The first-order valence-electron chi connectivity index (χ1n) is 4.75. The zero-order valence-electron chi connectivity index (χ0n) is 8.83. The first kappa shape index (κ1) is 11.7. The molecule has 0 unspecified atom stereocenters. The van der Waals surface area contributed by atoms with Crippen molar-refractivity contribution in [3.05, 3.63) is 45.9 Å². The number of aromatic nitrogens is 1. The lowest BCUT2D eigenvalue weighted by Crippen LogP contribution is -2.11. The highest BCUT2D eigenvalue weighted by molar-refractivity contribution is 7.13. The van der Waals surface area contributed by atoms with E-state index in [4.69, 9.17) is 0 Å². The van der Waals surface area contributed by atoms with Gasteiger partial charge in [-0.1, -0.05) is 0 Å². The largest absolute Gasteiger partial charge is 0.319 e. The van der Waals surface area contributed by atoms with Crippen molar-refractivity contribution in [1.29, 1.82) is 0 Å². The lowest BCUT2D eigenvalue weighted by Gasteiger charge is -2.04. The van der Waals surface area contributed by atoms with Gasteiger partial charge >= 0.3 is 0 Å². The first-order chi connectivity index (χ1) is 8.06. The van der Waals surface area contributed by atoms with Gasteiger partial charge in [-0.2, -0.15) is 0 Å². The summed E-state index contributed by atoms with van der Waals surface area (Å²) in [4.78, 5) is 16.0. The van der Waals surface area contributed by atoms with Crippen LogP contribution in [0.1, 0.15) is 14.7 Å². The second-order valence-electron chi connectivity index (χ2n) is 3.32. The minimum Gasteiger partial charge on any atom is -0.319 e. The van der Waals surface area contributed by atoms with Crippen molar-refractivity contribution in [2.45, 2.75) is 6.92 Å². The van der Waals surface area contributed by atoms with E-state index in [2.05, 4.69) is 10.3 Å². The van der Waals surface area contributed by atoms with E-state index in [1.807, 2.05) is 0 Å². The molecule has 1 amide bonds. The molecule has 0 spiro atoms. The van der Waals surface area contributed by atoms with Crippen molar-refractivity contribution in [1.82, 2.24) is 4.98 Å². The number of aryl methyl sites for hydroxylation is 1. The Morgan fingerprint density at radius 2 is 2.18 bits per heavy atom. The Hall–Kier alpha value is -1.82. The van der Waals surface area contributed by atoms with E-state index in [9.17, 15) is 13.6 Å². The zero-order valence-corrected chi connectivity index (χ0v) is 9.65. The molecule has 3 nitrogen and oxygen atoms in total. The first-order valence-corrected chi connectivity index (χ1v) is 5.57. The standard InChI is InChI=1S/C11H8F2N2OS/c1-6-14-5-10(17-6)11(16)15-9-3-2-7(12)4-8(9)13/h2-5H,1H3,(H,15,16). The Labute approximate surface area is 100 Å². The van der Waals surface area contributed by atoms with Crippen molar-refractivity contribution in [3.63, 3.8) is 0 Å². The van der Waals surface area contributed by atoms with Gasteiger partial charge in [0.1, 0.15) is 16.5 Å². The van der Waals surface area contributed by atoms with Crippen LogP contribution in [0.15, 0.2) is 24.4 Å². The maximum atomic E-state index is 13.3. The molecule has 2 aromatic rings. The molecule has 0 aliphatic heterocycles. The quantitative estimate of drug-likeness (QED) is 0.895. The average molecular weight is 254 g/mol. The molecule has 1 N–H and O–H groups in total. The molecule has 88 valence electrons. The molecular formula is C11H8F2N2OS. The van der Waals surface area contributed by atoms with E-state index in [1.165, 1.54) is 23.6 Å². The van der Waals surface area contributed by atoms with Gasteiger partial charge in [0.25, 0.3) is 5.91 Å². The van der Waals surface area contributed by atoms with E-state index in [0.717, 1.165) is 11.1 Å². The molecule has 0 aliphatic carbocycles. The summed E-state index contributed by atoms with van der Waals surface area (Å²) in [5, 5.41) is 3.10. The molecular weight excluding hydrogens is 246 g/mol. The van der Waals surface area contributed by atoms with Crippen LogP contribution in [-0.2, 0) is 0 Å². The number of benzene rings is 1. The number of carbonyl (C=O) groups excluding carboxylic acids is 1. The van der Waals surface area contributed by atoms with Gasteiger partial charge in [-0.05, 0) is 19.1 Å². The van der Waals surface area contributed by atoms with Gasteiger partial charge in [-0.15, -0.1) is 11.3 Å². The van der Waals surface area contributed by atoms with Crippen LogP contribution < -0.4 is 5.32 Å². The van der Waals surface area contributed by atoms with E-state index < -0.39 is 17.5 Å². The van der Waals surface area contributed by atoms with Crippen LogP contribution in [0.3, 0.4) is 0 Å². The predicted molar refractivity (Wildman–Crippen MR) is 61.2 cm³/mol. The highest BCUT2D eigenvalue weighted by Crippen LogP contribution is 2.18. The smallest absolute Gasteiger partial charge is 0.267 e. The fourth-order valence-electron chi connectivity index (χ4n) is 1.24. The van der Waals surface area contributed by atoms with Crippen LogP contribution in [0.25, 0.3) is 0 Å². The maximum absolute atomic E-state index is 13.3. The van der Waals surface area contributed by atoms with Crippen LogP contribution in [-0.4, -0.2) is 10.9 Å². The van der Waals surface area contributed by atoms with Crippen molar-refractivity contribution < 1.29 is 13.6 Å². The third kappa shape index (κ3) is 2.65. The third-order valence-corrected chi connectivity index (χ3v) is 2.94. The van der Waals surface area contributed by atoms with Gasteiger partial charge < -0.3 is 5.32 Å². The Bertz CT molecular complexity index is 568. The molecule has 0 fully saturated rings. The van der Waals surface area contributed by atoms with E-state index in [-0.39, 0.29) is 5.69 Å². The lowest BCUT2D eigenvalue weighted by atomic mass is 10.3. The Balaban J connectivity index is 2.18. The maximum Gasteiger partial charge on any atom is 0.267 e. The summed E-state index contributed by atoms with van der Waals surface area (Å²) in [5.41, 5.74) is -0.0533. The topological polar surface area (TPSA) is 42.0 Å². The zero-order chi connectivity index (χ0) is 12.4.